The number of aromatic nitrogens is 1. The SMILES string of the molecule is N#CNC(=Nc1cncc(C(=O)O)c1)NCCCCCCOc1ccc(Cl)cc1. The monoisotopic (exact) mass is 415 g/mol. The van der Waals surface area contributed by atoms with Crippen molar-refractivity contribution in [2.45, 2.75) is 25.7 Å². The number of aromatic carboxylic acids is 1. The molecule has 0 saturated heterocycles. The summed E-state index contributed by atoms with van der Waals surface area (Å²) in [6.07, 6.45) is 8.30. The molecule has 2 rings (SSSR count). The number of carbonyl (C=O) groups is 1. The van der Waals surface area contributed by atoms with Crippen LogP contribution >= 0.6 is 11.6 Å². The highest BCUT2D eigenvalue weighted by Gasteiger charge is 2.05. The fourth-order valence-electron chi connectivity index (χ4n) is 2.41. The zero-order valence-corrected chi connectivity index (χ0v) is 16.5. The summed E-state index contributed by atoms with van der Waals surface area (Å²) in [6, 6.07) is 8.67. The lowest BCUT2D eigenvalue weighted by Crippen LogP contribution is -2.34. The molecule has 8 nitrogen and oxygen atoms in total. The van der Waals surface area contributed by atoms with Gasteiger partial charge < -0.3 is 15.2 Å². The number of pyridine rings is 1. The Hall–Kier alpha value is -3.31. The molecule has 0 aliphatic heterocycles. The third kappa shape index (κ3) is 8.49. The molecule has 0 radical (unpaired) electrons. The Kier molecular flexibility index (Phi) is 9.25. The van der Waals surface area contributed by atoms with Gasteiger partial charge in [-0.1, -0.05) is 24.4 Å². The van der Waals surface area contributed by atoms with Crippen LogP contribution in [0.4, 0.5) is 5.69 Å². The van der Waals surface area contributed by atoms with Gasteiger partial charge in [-0.3, -0.25) is 10.3 Å². The highest BCUT2D eigenvalue weighted by molar-refractivity contribution is 6.30. The summed E-state index contributed by atoms with van der Waals surface area (Å²) in [5.74, 6) is -0.0267. The molecule has 0 aliphatic rings. The number of unbranched alkanes of at least 4 members (excludes halogenated alkanes) is 3. The summed E-state index contributed by atoms with van der Waals surface area (Å²) < 4.78 is 5.64. The molecule has 0 spiro atoms. The quantitative estimate of drug-likeness (QED) is 0.178. The van der Waals surface area contributed by atoms with Crippen LogP contribution in [0, 0.1) is 11.5 Å². The van der Waals surface area contributed by atoms with Crippen molar-refractivity contribution in [1.29, 1.82) is 5.26 Å². The number of benzene rings is 1. The van der Waals surface area contributed by atoms with Gasteiger partial charge in [0.15, 0.2) is 6.19 Å². The van der Waals surface area contributed by atoms with Crippen molar-refractivity contribution >= 4 is 29.2 Å². The van der Waals surface area contributed by atoms with Crippen LogP contribution < -0.4 is 15.4 Å². The molecule has 1 heterocycles. The molecule has 0 unspecified atom stereocenters. The fraction of sp³-hybridized carbons (Fsp3) is 0.300. The molecular weight excluding hydrogens is 394 g/mol. The van der Waals surface area contributed by atoms with Crippen LogP contribution in [-0.4, -0.2) is 35.2 Å². The number of halogens is 1. The number of carboxylic acids is 1. The Balaban J connectivity index is 1.67. The summed E-state index contributed by atoms with van der Waals surface area (Å²) in [4.78, 5) is 19.0. The average Bonchev–Trinajstić information content (AvgIpc) is 2.71. The molecule has 0 amide bonds. The minimum absolute atomic E-state index is 0.0309. The van der Waals surface area contributed by atoms with Crippen molar-refractivity contribution in [1.82, 2.24) is 15.6 Å². The highest BCUT2D eigenvalue weighted by Crippen LogP contribution is 2.16. The topological polar surface area (TPSA) is 120 Å². The van der Waals surface area contributed by atoms with Crippen molar-refractivity contribution in [2.24, 2.45) is 4.99 Å². The van der Waals surface area contributed by atoms with E-state index in [0.717, 1.165) is 31.4 Å². The van der Waals surface area contributed by atoms with Gasteiger partial charge in [0.1, 0.15) is 5.75 Å². The number of hydrogen-bond acceptors (Lipinski definition) is 5. The average molecular weight is 416 g/mol. The molecule has 29 heavy (non-hydrogen) atoms. The second kappa shape index (κ2) is 12.2. The van der Waals surface area contributed by atoms with Crippen molar-refractivity contribution in [3.63, 3.8) is 0 Å². The predicted molar refractivity (Wildman–Crippen MR) is 110 cm³/mol. The first kappa shape index (κ1) is 22.0. The molecule has 3 N–H and O–H groups in total. The molecule has 0 aliphatic carbocycles. The molecule has 9 heteroatoms. The summed E-state index contributed by atoms with van der Waals surface area (Å²) in [5, 5.41) is 24.0. The fourth-order valence-corrected chi connectivity index (χ4v) is 2.53. The third-order valence-corrected chi connectivity index (χ3v) is 4.08. The summed E-state index contributed by atoms with van der Waals surface area (Å²) in [5.41, 5.74) is 0.373. The van der Waals surface area contributed by atoms with Gasteiger partial charge in [-0.15, -0.1) is 0 Å². The standard InChI is InChI=1S/C20H22ClN5O3/c21-16-5-7-18(8-6-16)29-10-4-2-1-3-9-24-20(25-14-22)26-17-11-15(19(27)28)12-23-13-17/h5-8,11-13H,1-4,9-10H2,(H,27,28)(H2,24,25,26). The van der Waals surface area contributed by atoms with Crippen molar-refractivity contribution in [2.75, 3.05) is 13.2 Å². The van der Waals surface area contributed by atoms with Crippen molar-refractivity contribution < 1.29 is 14.6 Å². The maximum atomic E-state index is 11.0. The predicted octanol–water partition coefficient (Wildman–Crippen LogP) is 3.72. The molecule has 0 atom stereocenters. The number of nitriles is 1. The number of nitrogens with one attached hydrogen (secondary N) is 2. The summed E-state index contributed by atoms with van der Waals surface area (Å²) in [6.45, 7) is 1.27. The van der Waals surface area contributed by atoms with Crippen molar-refractivity contribution in [3.8, 4) is 11.9 Å². The summed E-state index contributed by atoms with van der Waals surface area (Å²) >= 11 is 5.83. The Morgan fingerprint density at radius 2 is 1.97 bits per heavy atom. The number of rotatable bonds is 10. The Bertz CT molecular complexity index is 865. The van der Waals surface area contributed by atoms with E-state index in [1.807, 2.05) is 18.3 Å². The van der Waals surface area contributed by atoms with E-state index in [-0.39, 0.29) is 11.5 Å². The van der Waals surface area contributed by atoms with Crippen LogP contribution in [0.15, 0.2) is 47.7 Å². The second-order valence-electron chi connectivity index (χ2n) is 6.08. The molecule has 2 aromatic rings. The largest absolute Gasteiger partial charge is 0.494 e. The number of ether oxygens (including phenoxy) is 1. The number of aliphatic imine (C=N–C) groups is 1. The van der Waals surface area contributed by atoms with E-state index >= 15 is 0 Å². The number of guanidine groups is 1. The minimum Gasteiger partial charge on any atom is -0.494 e. The maximum Gasteiger partial charge on any atom is 0.337 e. The van der Waals surface area contributed by atoms with E-state index < -0.39 is 5.97 Å². The molecular formula is C20H22ClN5O3. The van der Waals surface area contributed by atoms with Gasteiger partial charge >= 0.3 is 5.97 Å². The van der Waals surface area contributed by atoms with Gasteiger partial charge in [0, 0.05) is 17.8 Å². The van der Waals surface area contributed by atoms with Gasteiger partial charge in [-0.05, 0) is 43.2 Å². The first-order valence-electron chi connectivity index (χ1n) is 9.13. The summed E-state index contributed by atoms with van der Waals surface area (Å²) in [7, 11) is 0. The van der Waals surface area contributed by atoms with E-state index in [2.05, 4.69) is 20.6 Å². The van der Waals surface area contributed by atoms with Crippen LogP contribution in [0.1, 0.15) is 36.0 Å². The van der Waals surface area contributed by atoms with E-state index in [4.69, 9.17) is 26.7 Å². The number of nitrogens with zero attached hydrogens (tertiary/aromatic N) is 3. The normalized spacial score (nSPS) is 10.8. The highest BCUT2D eigenvalue weighted by atomic mass is 35.5. The van der Waals surface area contributed by atoms with E-state index in [1.54, 1.807) is 12.1 Å². The van der Waals surface area contributed by atoms with E-state index in [0.29, 0.717) is 23.9 Å². The molecule has 0 saturated carbocycles. The molecule has 0 bridgehead atoms. The van der Waals surface area contributed by atoms with Crippen LogP contribution in [-0.2, 0) is 0 Å². The van der Waals surface area contributed by atoms with E-state index in [1.165, 1.54) is 18.5 Å². The minimum atomic E-state index is -1.09. The zero-order chi connectivity index (χ0) is 20.9. The number of carboxylic acid groups (broad SMARTS) is 1. The van der Waals surface area contributed by atoms with Crippen LogP contribution in [0.5, 0.6) is 5.75 Å². The van der Waals surface area contributed by atoms with Crippen molar-refractivity contribution in [3.05, 3.63) is 53.3 Å². The Morgan fingerprint density at radius 3 is 2.69 bits per heavy atom. The van der Waals surface area contributed by atoms with Gasteiger partial charge in [-0.25, -0.2) is 9.79 Å². The van der Waals surface area contributed by atoms with Gasteiger partial charge in [0.2, 0.25) is 5.96 Å². The lowest BCUT2D eigenvalue weighted by Gasteiger charge is -2.08. The second-order valence-corrected chi connectivity index (χ2v) is 6.51. The Labute approximate surface area is 174 Å². The lowest BCUT2D eigenvalue weighted by atomic mass is 10.2. The molecule has 152 valence electrons. The smallest absolute Gasteiger partial charge is 0.337 e. The first-order valence-corrected chi connectivity index (χ1v) is 9.50. The van der Waals surface area contributed by atoms with E-state index in [9.17, 15) is 4.79 Å². The van der Waals surface area contributed by atoms with Crippen LogP contribution in [0.2, 0.25) is 5.02 Å². The molecule has 0 fully saturated rings. The van der Waals surface area contributed by atoms with Gasteiger partial charge in [0.05, 0.1) is 24.1 Å². The van der Waals surface area contributed by atoms with Gasteiger partial charge in [-0.2, -0.15) is 5.26 Å². The van der Waals surface area contributed by atoms with Crippen LogP contribution in [0.3, 0.4) is 0 Å². The van der Waals surface area contributed by atoms with Crippen LogP contribution in [0.25, 0.3) is 0 Å². The lowest BCUT2D eigenvalue weighted by molar-refractivity contribution is 0.0696. The molecule has 1 aromatic heterocycles. The number of hydrogen-bond donors (Lipinski definition) is 3. The third-order valence-electron chi connectivity index (χ3n) is 3.83. The molecule has 1 aromatic carbocycles. The first-order chi connectivity index (χ1) is 14.1. The van der Waals surface area contributed by atoms with Gasteiger partial charge in [0.25, 0.3) is 0 Å². The maximum absolute atomic E-state index is 11.0. The zero-order valence-electron chi connectivity index (χ0n) is 15.8. The Morgan fingerprint density at radius 1 is 1.21 bits per heavy atom.